The number of amides is 1. The van der Waals surface area contributed by atoms with E-state index in [1.165, 1.54) is 7.11 Å². The monoisotopic (exact) mass is 314 g/mol. The van der Waals surface area contributed by atoms with Crippen molar-refractivity contribution < 1.29 is 17.9 Å². The van der Waals surface area contributed by atoms with Crippen LogP contribution in [0.4, 0.5) is 5.69 Å². The summed E-state index contributed by atoms with van der Waals surface area (Å²) in [6.45, 7) is 4.02. The van der Waals surface area contributed by atoms with Crippen molar-refractivity contribution in [3.05, 3.63) is 29.3 Å². The fraction of sp³-hybridized carbons (Fsp3) is 0.500. The lowest BCUT2D eigenvalue weighted by Gasteiger charge is -2.19. The van der Waals surface area contributed by atoms with Crippen molar-refractivity contribution in [2.75, 3.05) is 38.4 Å². The molecule has 0 bridgehead atoms. The van der Waals surface area contributed by atoms with Crippen LogP contribution in [0.5, 0.6) is 0 Å². The third-order valence-corrected chi connectivity index (χ3v) is 4.46. The molecule has 0 saturated heterocycles. The summed E-state index contributed by atoms with van der Waals surface area (Å²) < 4.78 is 29.2. The quantitative estimate of drug-likeness (QED) is 0.819. The van der Waals surface area contributed by atoms with Crippen molar-refractivity contribution in [2.24, 2.45) is 0 Å². The fourth-order valence-electron chi connectivity index (χ4n) is 1.79. The smallest absolute Gasteiger partial charge is 0.239 e. The Bertz CT molecular complexity index is 599. The van der Waals surface area contributed by atoms with Crippen LogP contribution in [-0.2, 0) is 19.6 Å². The first kappa shape index (κ1) is 17.6. The lowest BCUT2D eigenvalue weighted by atomic mass is 10.1. The van der Waals surface area contributed by atoms with Gasteiger partial charge in [-0.1, -0.05) is 12.1 Å². The molecule has 1 rings (SSSR count). The molecule has 0 spiro atoms. The predicted molar refractivity (Wildman–Crippen MR) is 82.8 cm³/mol. The summed E-state index contributed by atoms with van der Waals surface area (Å²) in [5.41, 5.74) is 2.72. The van der Waals surface area contributed by atoms with Crippen molar-refractivity contribution >= 4 is 21.6 Å². The maximum absolute atomic E-state index is 12.0. The van der Waals surface area contributed by atoms with Crippen molar-refractivity contribution in [3.63, 3.8) is 0 Å². The summed E-state index contributed by atoms with van der Waals surface area (Å²) in [7, 11) is -1.97. The van der Waals surface area contributed by atoms with Crippen LogP contribution >= 0.6 is 0 Å². The minimum Gasteiger partial charge on any atom is -0.383 e. The number of hydrogen-bond donors (Lipinski definition) is 1. The molecule has 0 radical (unpaired) electrons. The lowest BCUT2D eigenvalue weighted by Crippen LogP contribution is -2.39. The number of hydrogen-bond acceptors (Lipinski definition) is 4. The molecule has 21 heavy (non-hydrogen) atoms. The Morgan fingerprint density at radius 3 is 2.57 bits per heavy atom. The van der Waals surface area contributed by atoms with Crippen molar-refractivity contribution in [2.45, 2.75) is 13.8 Å². The molecular weight excluding hydrogens is 292 g/mol. The zero-order valence-corrected chi connectivity index (χ0v) is 13.7. The first-order valence-electron chi connectivity index (χ1n) is 6.56. The zero-order valence-electron chi connectivity index (χ0n) is 12.8. The molecule has 0 unspecified atom stereocenters. The summed E-state index contributed by atoms with van der Waals surface area (Å²) >= 11 is 0. The van der Waals surface area contributed by atoms with Crippen LogP contribution in [0, 0.1) is 13.8 Å². The molecule has 0 aromatic heterocycles. The molecule has 0 atom stereocenters. The lowest BCUT2D eigenvalue weighted by molar-refractivity contribution is -0.116. The third kappa shape index (κ3) is 5.45. The molecule has 7 heteroatoms. The second-order valence-corrected chi connectivity index (χ2v) is 6.87. The molecule has 6 nitrogen and oxygen atoms in total. The van der Waals surface area contributed by atoms with Crippen LogP contribution in [-0.4, -0.2) is 51.7 Å². The van der Waals surface area contributed by atoms with Gasteiger partial charge in [0.15, 0.2) is 0 Å². The van der Waals surface area contributed by atoms with Crippen LogP contribution in [0.25, 0.3) is 0 Å². The maximum atomic E-state index is 12.0. The molecule has 0 fully saturated rings. The van der Waals surface area contributed by atoms with Crippen LogP contribution in [0.3, 0.4) is 0 Å². The largest absolute Gasteiger partial charge is 0.383 e. The van der Waals surface area contributed by atoms with Gasteiger partial charge in [-0.3, -0.25) is 4.79 Å². The summed E-state index contributed by atoms with van der Waals surface area (Å²) in [5, 5.41) is 2.74. The van der Waals surface area contributed by atoms with E-state index in [0.717, 1.165) is 21.7 Å². The number of aryl methyl sites for hydroxylation is 1. The maximum Gasteiger partial charge on any atom is 0.239 e. The van der Waals surface area contributed by atoms with Gasteiger partial charge in [0, 0.05) is 19.3 Å². The number of methoxy groups -OCH3 is 1. The van der Waals surface area contributed by atoms with Gasteiger partial charge in [-0.05, 0) is 31.0 Å². The number of nitrogens with zero attached hydrogens (tertiary/aromatic N) is 1. The van der Waals surface area contributed by atoms with Gasteiger partial charge >= 0.3 is 0 Å². The average Bonchev–Trinajstić information content (AvgIpc) is 2.38. The number of rotatable bonds is 7. The van der Waals surface area contributed by atoms with E-state index in [0.29, 0.717) is 5.69 Å². The zero-order chi connectivity index (χ0) is 16.0. The Balaban J connectivity index is 2.76. The van der Waals surface area contributed by atoms with Gasteiger partial charge < -0.3 is 10.1 Å². The summed E-state index contributed by atoms with van der Waals surface area (Å²) in [6.07, 6.45) is 1.08. The van der Waals surface area contributed by atoms with E-state index >= 15 is 0 Å². The first-order valence-corrected chi connectivity index (χ1v) is 8.40. The van der Waals surface area contributed by atoms with Gasteiger partial charge in [0.05, 0.1) is 19.4 Å². The molecular formula is C14H22N2O4S. The summed E-state index contributed by atoms with van der Waals surface area (Å²) in [4.78, 5) is 12.0. The number of nitrogens with one attached hydrogen (secondary N) is 1. The van der Waals surface area contributed by atoms with E-state index in [4.69, 9.17) is 4.74 Å². The fourth-order valence-corrected chi connectivity index (χ4v) is 2.55. The van der Waals surface area contributed by atoms with Crippen molar-refractivity contribution in [1.29, 1.82) is 0 Å². The van der Waals surface area contributed by atoms with E-state index in [-0.39, 0.29) is 25.6 Å². The van der Waals surface area contributed by atoms with Crippen molar-refractivity contribution in [1.82, 2.24) is 4.31 Å². The van der Waals surface area contributed by atoms with Crippen LogP contribution < -0.4 is 5.32 Å². The molecule has 0 aliphatic carbocycles. The van der Waals surface area contributed by atoms with E-state index in [1.54, 1.807) is 6.07 Å². The van der Waals surface area contributed by atoms with E-state index < -0.39 is 10.0 Å². The molecule has 1 aromatic carbocycles. The van der Waals surface area contributed by atoms with Gasteiger partial charge in [-0.2, -0.15) is 4.31 Å². The minimum atomic E-state index is -3.45. The Hall–Kier alpha value is -1.44. The number of carbonyl (C=O) groups is 1. The van der Waals surface area contributed by atoms with Gasteiger partial charge in [0.25, 0.3) is 0 Å². The number of carbonyl (C=O) groups excluding carboxylic acids is 1. The molecule has 0 saturated carbocycles. The van der Waals surface area contributed by atoms with E-state index in [9.17, 15) is 13.2 Å². The number of benzene rings is 1. The molecule has 0 aliphatic rings. The van der Waals surface area contributed by atoms with Gasteiger partial charge in [0.1, 0.15) is 0 Å². The highest BCUT2D eigenvalue weighted by Crippen LogP contribution is 2.17. The Kier molecular flexibility index (Phi) is 6.32. The standard InChI is InChI=1S/C14H22N2O4S/c1-11-6-5-7-13(12(11)2)15-14(17)10-16(8-9-20-3)21(4,18)19/h5-7H,8-10H2,1-4H3,(H,15,17). The summed E-state index contributed by atoms with van der Waals surface area (Å²) in [5.74, 6) is -0.370. The molecule has 0 heterocycles. The molecule has 1 aromatic rings. The van der Waals surface area contributed by atoms with Crippen LogP contribution in [0.1, 0.15) is 11.1 Å². The second kappa shape index (κ2) is 7.53. The highest BCUT2D eigenvalue weighted by Gasteiger charge is 2.20. The third-order valence-electron chi connectivity index (χ3n) is 3.21. The highest BCUT2D eigenvalue weighted by molar-refractivity contribution is 7.88. The van der Waals surface area contributed by atoms with Crippen molar-refractivity contribution in [3.8, 4) is 0 Å². The molecule has 0 aliphatic heterocycles. The van der Waals surface area contributed by atoms with Crippen LogP contribution in [0.15, 0.2) is 18.2 Å². The number of sulfonamides is 1. The molecule has 1 N–H and O–H groups in total. The topological polar surface area (TPSA) is 75.7 Å². The van der Waals surface area contributed by atoms with Crippen LogP contribution in [0.2, 0.25) is 0 Å². The second-order valence-electron chi connectivity index (χ2n) is 4.88. The van der Waals surface area contributed by atoms with Gasteiger partial charge in [-0.15, -0.1) is 0 Å². The highest BCUT2D eigenvalue weighted by atomic mass is 32.2. The van der Waals surface area contributed by atoms with E-state index in [1.807, 2.05) is 26.0 Å². The molecule has 1 amide bonds. The minimum absolute atomic E-state index is 0.148. The van der Waals surface area contributed by atoms with E-state index in [2.05, 4.69) is 5.32 Å². The number of anilines is 1. The molecule has 118 valence electrons. The van der Waals surface area contributed by atoms with Gasteiger partial charge in [0.2, 0.25) is 15.9 Å². The predicted octanol–water partition coefficient (Wildman–Crippen LogP) is 1.15. The Morgan fingerprint density at radius 1 is 1.33 bits per heavy atom. The van der Waals surface area contributed by atoms with Gasteiger partial charge in [-0.25, -0.2) is 8.42 Å². The first-order chi connectivity index (χ1) is 9.75. The SMILES string of the molecule is COCCN(CC(=O)Nc1cccc(C)c1C)S(C)(=O)=O. The Labute approximate surface area is 126 Å². The Morgan fingerprint density at radius 2 is 2.00 bits per heavy atom. The summed E-state index contributed by atoms with van der Waals surface area (Å²) in [6, 6.07) is 5.59. The average molecular weight is 314 g/mol. The number of ether oxygens (including phenoxy) is 1. The normalized spacial score (nSPS) is 11.7.